The van der Waals surface area contributed by atoms with Crippen LogP contribution in [0, 0.1) is 4.91 Å². The summed E-state index contributed by atoms with van der Waals surface area (Å²) in [5, 5.41) is 3.01. The topological polar surface area (TPSA) is 73.9 Å². The molecule has 1 saturated carbocycles. The van der Waals surface area contributed by atoms with Gasteiger partial charge in [-0.1, -0.05) is 6.07 Å². The van der Waals surface area contributed by atoms with Crippen LogP contribution >= 0.6 is 0 Å². The van der Waals surface area contributed by atoms with Crippen LogP contribution in [0.5, 0.6) is 0 Å². The van der Waals surface area contributed by atoms with Crippen molar-refractivity contribution in [1.29, 1.82) is 0 Å². The first-order chi connectivity index (χ1) is 8.23. The highest BCUT2D eigenvalue weighted by Crippen LogP contribution is 2.44. The molecule has 0 aromatic heterocycles. The maximum Gasteiger partial charge on any atom is 0.186 e. The molecule has 0 bridgehead atoms. The highest BCUT2D eigenvalue weighted by atomic mass is 16.7. The Bertz CT molecular complexity index is 451. The number of nitrogens with two attached hydrogens (primary N) is 1. The molecule has 17 heavy (non-hydrogen) atoms. The highest BCUT2D eigenvalue weighted by molar-refractivity contribution is 5.50. The molecule has 0 amide bonds. The number of ether oxygens (including phenoxy) is 2. The smallest absolute Gasteiger partial charge is 0.186 e. The molecule has 3 rings (SSSR count). The maximum absolute atomic E-state index is 10.8. The fourth-order valence-electron chi connectivity index (χ4n) is 2.10. The second-order valence-electron chi connectivity index (χ2n) is 4.59. The van der Waals surface area contributed by atoms with Gasteiger partial charge in [0.15, 0.2) is 6.29 Å². The minimum absolute atomic E-state index is 0.227. The summed E-state index contributed by atoms with van der Waals surface area (Å²) in [6.07, 6.45) is 1.48. The average Bonchev–Trinajstić information content (AvgIpc) is 2.91. The van der Waals surface area contributed by atoms with Gasteiger partial charge < -0.3 is 15.2 Å². The van der Waals surface area contributed by atoms with E-state index in [9.17, 15) is 4.91 Å². The minimum Gasteiger partial charge on any atom is -0.346 e. The van der Waals surface area contributed by atoms with Gasteiger partial charge in [-0.3, -0.25) is 0 Å². The molecule has 2 N–H and O–H groups in total. The number of nitroso groups, excluding NO2 is 1. The van der Waals surface area contributed by atoms with Gasteiger partial charge in [0.05, 0.1) is 13.2 Å². The summed E-state index contributed by atoms with van der Waals surface area (Å²) in [6, 6.07) is 5.44. The molecule has 1 heterocycles. The van der Waals surface area contributed by atoms with Crippen molar-refractivity contribution in [1.82, 2.24) is 0 Å². The van der Waals surface area contributed by atoms with Gasteiger partial charge in [0.1, 0.15) is 5.69 Å². The van der Waals surface area contributed by atoms with Crippen molar-refractivity contribution in [2.24, 2.45) is 10.9 Å². The third-order valence-electron chi connectivity index (χ3n) is 3.37. The third-order valence-corrected chi connectivity index (χ3v) is 3.37. The summed E-state index contributed by atoms with van der Waals surface area (Å²) in [5.41, 5.74) is 7.99. The molecule has 0 atom stereocenters. The zero-order valence-electron chi connectivity index (χ0n) is 9.39. The fraction of sp³-hybridized carbons (Fsp3) is 0.500. The molecular weight excluding hydrogens is 220 g/mol. The van der Waals surface area contributed by atoms with E-state index in [1.807, 2.05) is 12.1 Å². The molecule has 0 radical (unpaired) electrons. The van der Waals surface area contributed by atoms with Crippen molar-refractivity contribution >= 4 is 5.69 Å². The Hall–Kier alpha value is -1.30. The van der Waals surface area contributed by atoms with E-state index in [2.05, 4.69) is 5.18 Å². The molecule has 1 aromatic carbocycles. The molecule has 1 aliphatic heterocycles. The first-order valence-corrected chi connectivity index (χ1v) is 5.73. The van der Waals surface area contributed by atoms with E-state index >= 15 is 0 Å². The summed E-state index contributed by atoms with van der Waals surface area (Å²) < 4.78 is 10.8. The van der Waals surface area contributed by atoms with E-state index in [0.717, 1.165) is 18.4 Å². The first kappa shape index (κ1) is 10.8. The van der Waals surface area contributed by atoms with Crippen molar-refractivity contribution in [2.75, 3.05) is 13.2 Å². The van der Waals surface area contributed by atoms with Crippen molar-refractivity contribution < 1.29 is 9.47 Å². The summed E-state index contributed by atoms with van der Waals surface area (Å²) in [6.45, 7) is 1.09. The Kier molecular flexibility index (Phi) is 2.47. The van der Waals surface area contributed by atoms with Crippen molar-refractivity contribution in [3.63, 3.8) is 0 Å². The molecule has 0 spiro atoms. The zero-order chi connectivity index (χ0) is 11.9. The quantitative estimate of drug-likeness (QED) is 0.812. The normalized spacial score (nSPS) is 22.6. The lowest BCUT2D eigenvalue weighted by Crippen LogP contribution is -2.19. The Balaban J connectivity index is 2.00. The first-order valence-electron chi connectivity index (χ1n) is 5.73. The van der Waals surface area contributed by atoms with Crippen LogP contribution < -0.4 is 5.73 Å². The van der Waals surface area contributed by atoms with Gasteiger partial charge in [0.2, 0.25) is 0 Å². The predicted octanol–water partition coefficient (Wildman–Crippen LogP) is 2.08. The van der Waals surface area contributed by atoms with Crippen LogP contribution in [0.25, 0.3) is 0 Å². The van der Waals surface area contributed by atoms with Crippen LogP contribution in [-0.2, 0) is 15.0 Å². The predicted molar refractivity (Wildman–Crippen MR) is 61.6 cm³/mol. The Labute approximate surface area is 98.9 Å². The van der Waals surface area contributed by atoms with E-state index in [-0.39, 0.29) is 5.54 Å². The number of hydrogen-bond donors (Lipinski definition) is 1. The van der Waals surface area contributed by atoms with Gasteiger partial charge in [0.25, 0.3) is 0 Å². The molecule has 5 nitrogen and oxygen atoms in total. The monoisotopic (exact) mass is 234 g/mol. The van der Waals surface area contributed by atoms with Gasteiger partial charge in [0, 0.05) is 11.1 Å². The Morgan fingerprint density at radius 2 is 2.00 bits per heavy atom. The highest BCUT2D eigenvalue weighted by Gasteiger charge is 2.40. The van der Waals surface area contributed by atoms with Crippen LogP contribution in [-0.4, -0.2) is 13.2 Å². The number of benzene rings is 1. The van der Waals surface area contributed by atoms with Crippen LogP contribution in [0.4, 0.5) is 5.69 Å². The minimum atomic E-state index is -0.481. The Morgan fingerprint density at radius 3 is 2.59 bits per heavy atom. The number of nitrogens with zero attached hydrogens (tertiary/aromatic N) is 1. The van der Waals surface area contributed by atoms with Crippen LogP contribution in [0.1, 0.15) is 30.3 Å². The molecule has 2 fully saturated rings. The SMILES string of the molecule is NC1(c2ccc(N=O)c(C3OCCO3)c2)CC1. The molecule has 90 valence electrons. The van der Waals surface area contributed by atoms with Gasteiger partial charge in [-0.2, -0.15) is 0 Å². The van der Waals surface area contributed by atoms with E-state index in [4.69, 9.17) is 15.2 Å². The van der Waals surface area contributed by atoms with E-state index in [1.54, 1.807) is 6.07 Å². The van der Waals surface area contributed by atoms with E-state index < -0.39 is 6.29 Å². The van der Waals surface area contributed by atoms with Gasteiger partial charge in [-0.05, 0) is 35.7 Å². The Morgan fingerprint density at radius 1 is 1.29 bits per heavy atom. The van der Waals surface area contributed by atoms with Crippen molar-refractivity contribution in [3.8, 4) is 0 Å². The lowest BCUT2D eigenvalue weighted by Gasteiger charge is -2.15. The lowest BCUT2D eigenvalue weighted by molar-refractivity contribution is -0.0437. The molecule has 2 aliphatic rings. The van der Waals surface area contributed by atoms with Crippen LogP contribution in [0.3, 0.4) is 0 Å². The second-order valence-corrected chi connectivity index (χ2v) is 4.59. The number of rotatable bonds is 3. The molecular formula is C12H14N2O3. The lowest BCUT2D eigenvalue weighted by atomic mass is 10.0. The maximum atomic E-state index is 10.8. The molecule has 0 unspecified atom stereocenters. The molecule has 1 aromatic rings. The molecule has 1 aliphatic carbocycles. The average molecular weight is 234 g/mol. The number of hydrogen-bond acceptors (Lipinski definition) is 5. The third kappa shape index (κ3) is 1.86. The largest absolute Gasteiger partial charge is 0.346 e. The van der Waals surface area contributed by atoms with Crippen molar-refractivity contribution in [2.45, 2.75) is 24.7 Å². The van der Waals surface area contributed by atoms with Gasteiger partial charge in [-0.15, -0.1) is 4.91 Å². The summed E-state index contributed by atoms with van der Waals surface area (Å²) in [4.78, 5) is 10.8. The zero-order valence-corrected chi connectivity index (χ0v) is 9.39. The molecule has 5 heteroatoms. The van der Waals surface area contributed by atoms with E-state index in [0.29, 0.717) is 24.5 Å². The van der Waals surface area contributed by atoms with Crippen molar-refractivity contribution in [3.05, 3.63) is 34.2 Å². The summed E-state index contributed by atoms with van der Waals surface area (Å²) >= 11 is 0. The fourth-order valence-corrected chi connectivity index (χ4v) is 2.10. The summed E-state index contributed by atoms with van der Waals surface area (Å²) in [5.74, 6) is 0. The second kappa shape index (κ2) is 3.87. The van der Waals surface area contributed by atoms with Gasteiger partial charge >= 0.3 is 0 Å². The standard InChI is InChI=1S/C12H14N2O3/c13-12(3-4-12)8-1-2-10(14-15)9(7-8)11-16-5-6-17-11/h1-2,7,11H,3-6,13H2. The summed E-state index contributed by atoms with van der Waals surface area (Å²) in [7, 11) is 0. The van der Waals surface area contributed by atoms with Gasteiger partial charge in [-0.25, -0.2) is 0 Å². The van der Waals surface area contributed by atoms with Crippen LogP contribution in [0.2, 0.25) is 0 Å². The molecule has 1 saturated heterocycles. The van der Waals surface area contributed by atoms with Crippen LogP contribution in [0.15, 0.2) is 23.4 Å². The van der Waals surface area contributed by atoms with E-state index in [1.165, 1.54) is 0 Å².